The smallest absolute Gasteiger partial charge is 0.173 e. The zero-order valence-electron chi connectivity index (χ0n) is 7.72. The summed E-state index contributed by atoms with van der Waals surface area (Å²) >= 11 is 3.02. The second-order valence-electron chi connectivity index (χ2n) is 2.64. The average molecular weight is 261 g/mol. The van der Waals surface area contributed by atoms with Crippen LogP contribution in [0.25, 0.3) is 0 Å². The zero-order chi connectivity index (χ0) is 10.6. The van der Waals surface area contributed by atoms with E-state index in [1.54, 1.807) is 13.0 Å². The summed E-state index contributed by atoms with van der Waals surface area (Å²) in [6.07, 6.45) is 0. The van der Waals surface area contributed by atoms with Crippen molar-refractivity contribution < 1.29 is 13.9 Å². The minimum atomic E-state index is -0.501. The third-order valence-corrected chi connectivity index (χ3v) is 2.18. The summed E-state index contributed by atoms with van der Waals surface area (Å²) in [6.45, 7) is 2.18. The second-order valence-corrected chi connectivity index (χ2v) is 3.20. The van der Waals surface area contributed by atoms with Gasteiger partial charge in [0.05, 0.1) is 11.9 Å². The molecule has 76 valence electrons. The van der Waals surface area contributed by atoms with Gasteiger partial charge in [-0.1, -0.05) is 15.9 Å². The van der Waals surface area contributed by atoms with E-state index in [0.29, 0.717) is 12.2 Å². The first-order valence-electron chi connectivity index (χ1n) is 4.20. The molecule has 0 aliphatic heterocycles. The topological polar surface area (TPSA) is 26.3 Å². The number of hydrogen-bond donors (Lipinski definition) is 0. The molecule has 1 rings (SSSR count). The third-order valence-electron chi connectivity index (χ3n) is 1.68. The van der Waals surface area contributed by atoms with E-state index in [1.165, 1.54) is 12.1 Å². The molecular weight excluding hydrogens is 251 g/mol. The highest BCUT2D eigenvalue weighted by molar-refractivity contribution is 9.09. The molecule has 0 unspecified atom stereocenters. The summed E-state index contributed by atoms with van der Waals surface area (Å²) in [6, 6.07) is 4.21. The van der Waals surface area contributed by atoms with Gasteiger partial charge in [0.25, 0.3) is 0 Å². The molecule has 0 N–H and O–H groups in total. The van der Waals surface area contributed by atoms with E-state index >= 15 is 0 Å². The highest BCUT2D eigenvalue weighted by atomic mass is 79.9. The molecular formula is C10H10BrFO2. The van der Waals surface area contributed by atoms with E-state index in [0.717, 1.165) is 0 Å². The van der Waals surface area contributed by atoms with Crippen LogP contribution in [-0.4, -0.2) is 17.7 Å². The van der Waals surface area contributed by atoms with Crippen molar-refractivity contribution in [1.82, 2.24) is 0 Å². The van der Waals surface area contributed by atoms with Crippen LogP contribution in [0, 0.1) is 5.82 Å². The van der Waals surface area contributed by atoms with Gasteiger partial charge in [0.15, 0.2) is 17.3 Å². The molecule has 1 aromatic carbocycles. The fraction of sp³-hybridized carbons (Fsp3) is 0.300. The molecule has 0 saturated heterocycles. The second kappa shape index (κ2) is 5.10. The summed E-state index contributed by atoms with van der Waals surface area (Å²) < 4.78 is 18.2. The van der Waals surface area contributed by atoms with Gasteiger partial charge in [0, 0.05) is 5.56 Å². The number of Topliss-reactive ketones (excluding diaryl/α,β-unsaturated/α-hetero) is 1. The lowest BCUT2D eigenvalue weighted by Gasteiger charge is -2.05. The fourth-order valence-corrected chi connectivity index (χ4v) is 1.35. The van der Waals surface area contributed by atoms with Crippen molar-refractivity contribution in [3.05, 3.63) is 29.6 Å². The predicted molar refractivity (Wildman–Crippen MR) is 55.7 cm³/mol. The maximum Gasteiger partial charge on any atom is 0.173 e. The largest absolute Gasteiger partial charge is 0.491 e. The van der Waals surface area contributed by atoms with Crippen molar-refractivity contribution in [2.75, 3.05) is 11.9 Å². The van der Waals surface area contributed by atoms with Gasteiger partial charge in [-0.3, -0.25) is 4.79 Å². The summed E-state index contributed by atoms with van der Waals surface area (Å²) in [5, 5.41) is 0.195. The molecule has 0 spiro atoms. The SMILES string of the molecule is CCOc1ccc(C(=O)CBr)cc1F. The van der Waals surface area contributed by atoms with Gasteiger partial charge >= 0.3 is 0 Å². The monoisotopic (exact) mass is 260 g/mol. The molecule has 1 aromatic rings. The first kappa shape index (κ1) is 11.2. The summed E-state index contributed by atoms with van der Waals surface area (Å²) in [5.41, 5.74) is 0.350. The molecule has 2 nitrogen and oxygen atoms in total. The van der Waals surface area contributed by atoms with E-state index in [2.05, 4.69) is 15.9 Å². The van der Waals surface area contributed by atoms with Gasteiger partial charge in [0.1, 0.15) is 0 Å². The Bertz CT molecular complexity index is 339. The molecule has 0 aliphatic rings. The number of ether oxygens (including phenoxy) is 1. The van der Waals surface area contributed by atoms with Gasteiger partial charge in [0.2, 0.25) is 0 Å². The van der Waals surface area contributed by atoms with Gasteiger partial charge in [-0.15, -0.1) is 0 Å². The van der Waals surface area contributed by atoms with Crippen molar-refractivity contribution >= 4 is 21.7 Å². The lowest BCUT2D eigenvalue weighted by Crippen LogP contribution is -2.02. The summed E-state index contributed by atoms with van der Waals surface area (Å²) in [4.78, 5) is 11.2. The van der Waals surface area contributed by atoms with Crippen LogP contribution < -0.4 is 4.74 Å². The van der Waals surface area contributed by atoms with E-state index in [1.807, 2.05) is 0 Å². The average Bonchev–Trinajstić information content (AvgIpc) is 2.20. The van der Waals surface area contributed by atoms with Crippen molar-refractivity contribution in [3.63, 3.8) is 0 Å². The van der Waals surface area contributed by atoms with Crippen LogP contribution >= 0.6 is 15.9 Å². The van der Waals surface area contributed by atoms with Crippen LogP contribution in [-0.2, 0) is 0 Å². The highest BCUT2D eigenvalue weighted by Crippen LogP contribution is 2.18. The first-order valence-corrected chi connectivity index (χ1v) is 5.32. The number of ketones is 1. The molecule has 0 bridgehead atoms. The number of alkyl halides is 1. The van der Waals surface area contributed by atoms with E-state index < -0.39 is 5.82 Å². The van der Waals surface area contributed by atoms with Gasteiger partial charge < -0.3 is 4.74 Å². The molecule has 0 aromatic heterocycles. The Labute approximate surface area is 90.2 Å². The number of benzene rings is 1. The molecule has 0 radical (unpaired) electrons. The Morgan fingerprint density at radius 2 is 2.29 bits per heavy atom. The van der Waals surface area contributed by atoms with Gasteiger partial charge in [-0.2, -0.15) is 0 Å². The number of carbonyl (C=O) groups excluding carboxylic acids is 1. The normalized spacial score (nSPS) is 9.93. The molecule has 0 aliphatic carbocycles. The Kier molecular flexibility index (Phi) is 4.07. The number of rotatable bonds is 4. The molecule has 0 saturated carbocycles. The van der Waals surface area contributed by atoms with Crippen molar-refractivity contribution in [3.8, 4) is 5.75 Å². The van der Waals surface area contributed by atoms with Crippen LogP contribution in [0.5, 0.6) is 5.75 Å². The molecule has 0 heterocycles. The van der Waals surface area contributed by atoms with Gasteiger partial charge in [-0.05, 0) is 25.1 Å². The lowest BCUT2D eigenvalue weighted by atomic mass is 10.1. The zero-order valence-corrected chi connectivity index (χ0v) is 9.30. The van der Waals surface area contributed by atoms with Crippen LogP contribution in [0.15, 0.2) is 18.2 Å². The quantitative estimate of drug-likeness (QED) is 0.615. The van der Waals surface area contributed by atoms with Crippen molar-refractivity contribution in [2.24, 2.45) is 0 Å². The van der Waals surface area contributed by atoms with Gasteiger partial charge in [-0.25, -0.2) is 4.39 Å². The molecule has 0 amide bonds. The maximum atomic E-state index is 13.2. The summed E-state index contributed by atoms with van der Waals surface area (Å²) in [5.74, 6) is -0.468. The Balaban J connectivity index is 2.94. The fourth-order valence-electron chi connectivity index (χ4n) is 1.02. The number of hydrogen-bond acceptors (Lipinski definition) is 2. The van der Waals surface area contributed by atoms with Crippen LogP contribution in [0.3, 0.4) is 0 Å². The summed E-state index contributed by atoms with van der Waals surface area (Å²) in [7, 11) is 0. The van der Waals surface area contributed by atoms with Crippen molar-refractivity contribution in [2.45, 2.75) is 6.92 Å². The van der Waals surface area contributed by atoms with E-state index in [9.17, 15) is 9.18 Å². The molecule has 14 heavy (non-hydrogen) atoms. The Morgan fingerprint density at radius 3 is 2.79 bits per heavy atom. The van der Waals surface area contributed by atoms with E-state index in [-0.39, 0.29) is 16.9 Å². The van der Waals surface area contributed by atoms with Crippen molar-refractivity contribution in [1.29, 1.82) is 0 Å². The van der Waals surface area contributed by atoms with Crippen LogP contribution in [0.2, 0.25) is 0 Å². The molecule has 4 heteroatoms. The maximum absolute atomic E-state index is 13.2. The predicted octanol–water partition coefficient (Wildman–Crippen LogP) is 2.80. The minimum Gasteiger partial charge on any atom is -0.491 e. The Hall–Kier alpha value is -0.900. The third kappa shape index (κ3) is 2.54. The van der Waals surface area contributed by atoms with Crippen LogP contribution in [0.4, 0.5) is 4.39 Å². The Morgan fingerprint density at radius 1 is 1.57 bits per heavy atom. The number of carbonyl (C=O) groups is 1. The number of halogens is 2. The first-order chi connectivity index (χ1) is 6.69. The molecule has 0 atom stereocenters. The van der Waals surface area contributed by atoms with Crippen LogP contribution in [0.1, 0.15) is 17.3 Å². The highest BCUT2D eigenvalue weighted by Gasteiger charge is 2.08. The minimum absolute atomic E-state index is 0.146. The van der Waals surface area contributed by atoms with E-state index in [4.69, 9.17) is 4.74 Å². The standard InChI is InChI=1S/C10H10BrFO2/c1-2-14-10-4-3-7(5-8(10)12)9(13)6-11/h3-5H,2,6H2,1H3. The lowest BCUT2D eigenvalue weighted by molar-refractivity contribution is 0.102. The molecule has 0 fully saturated rings.